The third kappa shape index (κ3) is 5.28. The van der Waals surface area contributed by atoms with Crippen LogP contribution in [0, 0.1) is 0 Å². The minimum atomic E-state index is -0.864. The molecule has 1 aliphatic carbocycles. The number of nitrogens with one attached hydrogen (secondary N) is 1. The molecule has 154 valence electrons. The molecule has 1 atom stereocenters. The van der Waals surface area contributed by atoms with Crippen LogP contribution in [-0.2, 0) is 40.1 Å². The van der Waals surface area contributed by atoms with Crippen LogP contribution >= 0.6 is 0 Å². The predicted molar refractivity (Wildman–Crippen MR) is 109 cm³/mol. The second-order valence-corrected chi connectivity index (χ2v) is 7.17. The SMILES string of the molecule is COc1ccc(CNC(=O)[C@@H](C)OC(=O)Cc2ccc3c(c2)CCC3)cc1OC. The quantitative estimate of drug-likeness (QED) is 0.693. The van der Waals surface area contributed by atoms with Gasteiger partial charge in [-0.15, -0.1) is 0 Å². The topological polar surface area (TPSA) is 73.9 Å². The first-order valence-corrected chi connectivity index (χ1v) is 9.79. The maximum absolute atomic E-state index is 12.3. The molecule has 2 aromatic carbocycles. The molecule has 0 unspecified atom stereocenters. The summed E-state index contributed by atoms with van der Waals surface area (Å²) >= 11 is 0. The number of benzene rings is 2. The Balaban J connectivity index is 1.49. The summed E-state index contributed by atoms with van der Waals surface area (Å²) in [6.45, 7) is 1.87. The molecule has 2 aromatic rings. The molecule has 29 heavy (non-hydrogen) atoms. The standard InChI is InChI=1S/C23H27NO5/c1-15(23(26)24-14-17-8-10-20(27-2)21(12-17)28-3)29-22(25)13-16-7-9-18-5-4-6-19(18)11-16/h7-12,15H,4-6,13-14H2,1-3H3,(H,24,26)/t15-/m1/s1. The summed E-state index contributed by atoms with van der Waals surface area (Å²) in [5.74, 6) is 0.461. The number of methoxy groups -OCH3 is 2. The number of amides is 1. The molecule has 0 bridgehead atoms. The molecule has 0 saturated carbocycles. The Morgan fingerprint density at radius 3 is 2.45 bits per heavy atom. The Labute approximate surface area is 171 Å². The molecule has 1 N–H and O–H groups in total. The van der Waals surface area contributed by atoms with Gasteiger partial charge in [0.2, 0.25) is 0 Å². The predicted octanol–water partition coefficient (Wildman–Crippen LogP) is 2.98. The Hall–Kier alpha value is -3.02. The summed E-state index contributed by atoms with van der Waals surface area (Å²) in [6, 6.07) is 11.5. The third-order valence-corrected chi connectivity index (χ3v) is 5.10. The van der Waals surface area contributed by atoms with Crippen molar-refractivity contribution in [1.29, 1.82) is 0 Å². The molecule has 1 amide bonds. The van der Waals surface area contributed by atoms with Crippen molar-refractivity contribution in [1.82, 2.24) is 5.32 Å². The molecule has 6 heteroatoms. The molecule has 1 aliphatic rings. The smallest absolute Gasteiger partial charge is 0.311 e. The van der Waals surface area contributed by atoms with Crippen molar-refractivity contribution in [3.05, 3.63) is 58.7 Å². The average Bonchev–Trinajstić information content (AvgIpc) is 3.19. The number of aryl methyl sites for hydroxylation is 2. The van der Waals surface area contributed by atoms with E-state index in [1.165, 1.54) is 17.5 Å². The van der Waals surface area contributed by atoms with Crippen LogP contribution in [0.15, 0.2) is 36.4 Å². The van der Waals surface area contributed by atoms with Crippen LogP contribution in [0.4, 0.5) is 0 Å². The molecule has 0 fully saturated rings. The maximum Gasteiger partial charge on any atom is 0.311 e. The Kier molecular flexibility index (Phi) is 6.75. The lowest BCUT2D eigenvalue weighted by atomic mass is 10.0. The fourth-order valence-corrected chi connectivity index (χ4v) is 3.52. The second kappa shape index (κ2) is 9.45. The normalized spacial score (nSPS) is 13.3. The fourth-order valence-electron chi connectivity index (χ4n) is 3.52. The zero-order valence-corrected chi connectivity index (χ0v) is 17.1. The van der Waals surface area contributed by atoms with E-state index < -0.39 is 12.1 Å². The van der Waals surface area contributed by atoms with Crippen LogP contribution < -0.4 is 14.8 Å². The van der Waals surface area contributed by atoms with E-state index in [0.29, 0.717) is 18.0 Å². The van der Waals surface area contributed by atoms with E-state index in [2.05, 4.69) is 17.4 Å². The van der Waals surface area contributed by atoms with Crippen LogP contribution in [0.1, 0.15) is 35.6 Å². The highest BCUT2D eigenvalue weighted by atomic mass is 16.5. The van der Waals surface area contributed by atoms with Crippen LogP contribution in [0.2, 0.25) is 0 Å². The first-order valence-electron chi connectivity index (χ1n) is 9.79. The summed E-state index contributed by atoms with van der Waals surface area (Å²) in [4.78, 5) is 24.5. The fraction of sp³-hybridized carbons (Fsp3) is 0.391. The zero-order chi connectivity index (χ0) is 20.8. The monoisotopic (exact) mass is 397 g/mol. The number of rotatable bonds is 8. The van der Waals surface area contributed by atoms with Crippen molar-refractivity contribution in [2.45, 2.75) is 45.3 Å². The van der Waals surface area contributed by atoms with Gasteiger partial charge in [-0.25, -0.2) is 0 Å². The van der Waals surface area contributed by atoms with Crippen molar-refractivity contribution in [2.24, 2.45) is 0 Å². The van der Waals surface area contributed by atoms with Crippen molar-refractivity contribution in [2.75, 3.05) is 14.2 Å². The van der Waals surface area contributed by atoms with Crippen molar-refractivity contribution < 1.29 is 23.8 Å². The largest absolute Gasteiger partial charge is 0.493 e. The average molecular weight is 397 g/mol. The summed E-state index contributed by atoms with van der Waals surface area (Å²) in [5.41, 5.74) is 4.46. The van der Waals surface area contributed by atoms with Gasteiger partial charge in [0.05, 0.1) is 20.6 Å². The number of ether oxygens (including phenoxy) is 3. The van der Waals surface area contributed by atoms with E-state index in [-0.39, 0.29) is 12.3 Å². The molecule has 0 saturated heterocycles. The number of esters is 1. The molecular formula is C23H27NO5. The Morgan fingerprint density at radius 2 is 1.69 bits per heavy atom. The number of carbonyl (C=O) groups is 2. The Morgan fingerprint density at radius 1 is 0.966 bits per heavy atom. The van der Waals surface area contributed by atoms with Crippen molar-refractivity contribution >= 4 is 11.9 Å². The number of hydrogen-bond acceptors (Lipinski definition) is 5. The molecule has 6 nitrogen and oxygen atoms in total. The minimum Gasteiger partial charge on any atom is -0.493 e. The van der Waals surface area contributed by atoms with Gasteiger partial charge in [-0.05, 0) is 60.6 Å². The van der Waals surface area contributed by atoms with Crippen LogP contribution in [0.25, 0.3) is 0 Å². The lowest BCUT2D eigenvalue weighted by Gasteiger charge is -2.15. The van der Waals surface area contributed by atoms with Gasteiger partial charge in [-0.3, -0.25) is 9.59 Å². The summed E-state index contributed by atoms with van der Waals surface area (Å²) < 4.78 is 15.8. The van der Waals surface area contributed by atoms with Gasteiger partial charge < -0.3 is 19.5 Å². The molecule has 0 aromatic heterocycles. The molecule has 0 radical (unpaired) electrons. The molecule has 0 heterocycles. The molecule has 3 rings (SSSR count). The van der Waals surface area contributed by atoms with Crippen LogP contribution in [0.5, 0.6) is 11.5 Å². The van der Waals surface area contributed by atoms with E-state index in [9.17, 15) is 9.59 Å². The lowest BCUT2D eigenvalue weighted by Crippen LogP contribution is -2.35. The van der Waals surface area contributed by atoms with Gasteiger partial charge in [0.25, 0.3) is 5.91 Å². The summed E-state index contributed by atoms with van der Waals surface area (Å²) in [5, 5.41) is 2.78. The first kappa shape index (κ1) is 20.7. The minimum absolute atomic E-state index is 0.167. The summed E-state index contributed by atoms with van der Waals surface area (Å²) in [6.07, 6.45) is 2.64. The van der Waals surface area contributed by atoms with E-state index >= 15 is 0 Å². The van der Waals surface area contributed by atoms with Gasteiger partial charge in [0.1, 0.15) is 0 Å². The van der Waals surface area contributed by atoms with Crippen molar-refractivity contribution in [3.8, 4) is 11.5 Å². The first-order chi connectivity index (χ1) is 14.0. The highest BCUT2D eigenvalue weighted by Gasteiger charge is 2.19. The van der Waals surface area contributed by atoms with E-state index in [1.54, 1.807) is 33.3 Å². The number of carbonyl (C=O) groups excluding carboxylic acids is 2. The van der Waals surface area contributed by atoms with E-state index in [4.69, 9.17) is 14.2 Å². The van der Waals surface area contributed by atoms with E-state index in [0.717, 1.165) is 24.0 Å². The van der Waals surface area contributed by atoms with Crippen LogP contribution in [-0.4, -0.2) is 32.2 Å². The molecular weight excluding hydrogens is 370 g/mol. The zero-order valence-electron chi connectivity index (χ0n) is 17.1. The van der Waals surface area contributed by atoms with Gasteiger partial charge in [-0.1, -0.05) is 24.3 Å². The Bertz CT molecular complexity index is 893. The van der Waals surface area contributed by atoms with Crippen LogP contribution in [0.3, 0.4) is 0 Å². The third-order valence-electron chi connectivity index (χ3n) is 5.10. The highest BCUT2D eigenvalue weighted by Crippen LogP contribution is 2.27. The number of fused-ring (bicyclic) bond motifs is 1. The highest BCUT2D eigenvalue weighted by molar-refractivity contribution is 5.83. The van der Waals surface area contributed by atoms with Gasteiger partial charge in [0.15, 0.2) is 17.6 Å². The van der Waals surface area contributed by atoms with Gasteiger partial charge >= 0.3 is 5.97 Å². The lowest BCUT2D eigenvalue weighted by molar-refractivity contribution is -0.154. The van der Waals surface area contributed by atoms with Gasteiger partial charge in [0, 0.05) is 6.54 Å². The molecule has 0 aliphatic heterocycles. The van der Waals surface area contributed by atoms with E-state index in [1.807, 2.05) is 12.1 Å². The second-order valence-electron chi connectivity index (χ2n) is 7.17. The van der Waals surface area contributed by atoms with Crippen molar-refractivity contribution in [3.63, 3.8) is 0 Å². The summed E-state index contributed by atoms with van der Waals surface area (Å²) in [7, 11) is 3.13. The van der Waals surface area contributed by atoms with Gasteiger partial charge in [-0.2, -0.15) is 0 Å². The molecule has 0 spiro atoms. The number of hydrogen-bond donors (Lipinski definition) is 1. The maximum atomic E-state index is 12.3.